The summed E-state index contributed by atoms with van der Waals surface area (Å²) in [4.78, 5) is 28.3. The lowest BCUT2D eigenvalue weighted by molar-refractivity contribution is 0.0601. The maximum absolute atomic E-state index is 12.3. The van der Waals surface area contributed by atoms with E-state index in [9.17, 15) is 9.59 Å². The number of halogens is 1. The Bertz CT molecular complexity index is 974. The molecule has 2 aromatic carbocycles. The number of pyridine rings is 1. The standard InChI is InChI=1S/C20H16ClN3O3/c1-27-20(26)14-6-2-4-8-16(14)23-13-10-11-18(22-12-13)19(25)24-17-9-5-3-7-15(17)21/h2-12,23H,1H3,(H,24,25). The van der Waals surface area contributed by atoms with Crippen molar-refractivity contribution < 1.29 is 14.3 Å². The van der Waals surface area contributed by atoms with Crippen LogP contribution in [-0.4, -0.2) is 24.0 Å². The van der Waals surface area contributed by atoms with Crippen LogP contribution in [0.15, 0.2) is 66.9 Å². The van der Waals surface area contributed by atoms with Crippen LogP contribution in [0.25, 0.3) is 0 Å². The van der Waals surface area contributed by atoms with Gasteiger partial charge in [-0.1, -0.05) is 35.9 Å². The summed E-state index contributed by atoms with van der Waals surface area (Å²) in [6.45, 7) is 0. The molecule has 1 aromatic heterocycles. The van der Waals surface area contributed by atoms with Crippen molar-refractivity contribution >= 4 is 40.5 Å². The van der Waals surface area contributed by atoms with Gasteiger partial charge in [0.1, 0.15) is 5.69 Å². The van der Waals surface area contributed by atoms with E-state index in [1.807, 2.05) is 0 Å². The Balaban J connectivity index is 1.74. The van der Waals surface area contributed by atoms with Crippen molar-refractivity contribution in [1.82, 2.24) is 4.98 Å². The van der Waals surface area contributed by atoms with E-state index in [4.69, 9.17) is 16.3 Å². The van der Waals surface area contributed by atoms with Gasteiger partial charge in [-0.2, -0.15) is 0 Å². The Morgan fingerprint density at radius 2 is 1.67 bits per heavy atom. The molecule has 0 atom stereocenters. The van der Waals surface area contributed by atoms with Crippen molar-refractivity contribution in [3.05, 3.63) is 83.1 Å². The third-order valence-electron chi connectivity index (χ3n) is 3.73. The first-order valence-corrected chi connectivity index (χ1v) is 8.42. The summed E-state index contributed by atoms with van der Waals surface area (Å²) in [5, 5.41) is 6.26. The van der Waals surface area contributed by atoms with E-state index in [1.54, 1.807) is 60.7 Å². The fraction of sp³-hybridized carbons (Fsp3) is 0.0500. The van der Waals surface area contributed by atoms with Crippen LogP contribution in [0.2, 0.25) is 5.02 Å². The second-order valence-electron chi connectivity index (χ2n) is 5.53. The second kappa shape index (κ2) is 8.33. The molecule has 1 amide bonds. The number of hydrogen-bond donors (Lipinski definition) is 2. The molecule has 0 fully saturated rings. The van der Waals surface area contributed by atoms with Gasteiger partial charge in [0.2, 0.25) is 0 Å². The molecule has 27 heavy (non-hydrogen) atoms. The maximum Gasteiger partial charge on any atom is 0.339 e. The lowest BCUT2D eigenvalue weighted by Crippen LogP contribution is -2.14. The van der Waals surface area contributed by atoms with E-state index < -0.39 is 5.97 Å². The summed E-state index contributed by atoms with van der Waals surface area (Å²) in [6.07, 6.45) is 1.51. The minimum Gasteiger partial charge on any atom is -0.465 e. The lowest BCUT2D eigenvalue weighted by atomic mass is 10.1. The van der Waals surface area contributed by atoms with Crippen molar-refractivity contribution in [3.63, 3.8) is 0 Å². The van der Waals surface area contributed by atoms with E-state index in [-0.39, 0.29) is 11.6 Å². The van der Waals surface area contributed by atoms with Gasteiger partial charge in [-0.3, -0.25) is 4.79 Å². The smallest absolute Gasteiger partial charge is 0.339 e. The molecule has 0 saturated carbocycles. The second-order valence-corrected chi connectivity index (χ2v) is 5.94. The molecule has 0 unspecified atom stereocenters. The van der Waals surface area contributed by atoms with Gasteiger partial charge < -0.3 is 15.4 Å². The Hall–Kier alpha value is -3.38. The maximum atomic E-state index is 12.3. The highest BCUT2D eigenvalue weighted by atomic mass is 35.5. The molecule has 0 aliphatic heterocycles. The molecule has 6 nitrogen and oxygen atoms in total. The molecule has 0 aliphatic rings. The molecule has 136 valence electrons. The van der Waals surface area contributed by atoms with Gasteiger partial charge in [-0.25, -0.2) is 9.78 Å². The lowest BCUT2D eigenvalue weighted by Gasteiger charge is -2.11. The molecule has 2 N–H and O–H groups in total. The summed E-state index contributed by atoms with van der Waals surface area (Å²) in [7, 11) is 1.33. The van der Waals surface area contributed by atoms with Gasteiger partial charge in [0.25, 0.3) is 5.91 Å². The first-order chi connectivity index (χ1) is 13.1. The number of esters is 1. The van der Waals surface area contributed by atoms with Crippen molar-refractivity contribution in [2.24, 2.45) is 0 Å². The number of para-hydroxylation sites is 2. The zero-order valence-electron chi connectivity index (χ0n) is 14.4. The fourth-order valence-electron chi connectivity index (χ4n) is 2.39. The molecular weight excluding hydrogens is 366 g/mol. The van der Waals surface area contributed by atoms with E-state index in [0.717, 1.165) is 0 Å². The fourth-order valence-corrected chi connectivity index (χ4v) is 2.57. The van der Waals surface area contributed by atoms with Gasteiger partial charge in [0.15, 0.2) is 0 Å². The zero-order chi connectivity index (χ0) is 19.2. The Labute approximate surface area is 161 Å². The minimum absolute atomic E-state index is 0.238. The Morgan fingerprint density at radius 1 is 0.963 bits per heavy atom. The number of methoxy groups -OCH3 is 1. The monoisotopic (exact) mass is 381 g/mol. The van der Waals surface area contributed by atoms with Crippen LogP contribution in [0.4, 0.5) is 17.1 Å². The summed E-state index contributed by atoms with van der Waals surface area (Å²) in [5.74, 6) is -0.814. The normalized spacial score (nSPS) is 10.1. The number of hydrogen-bond acceptors (Lipinski definition) is 5. The molecule has 3 aromatic rings. The molecular formula is C20H16ClN3O3. The first kappa shape index (κ1) is 18.4. The topological polar surface area (TPSA) is 80.3 Å². The summed E-state index contributed by atoms with van der Waals surface area (Å²) in [5.41, 5.74) is 2.36. The number of ether oxygens (including phenoxy) is 1. The first-order valence-electron chi connectivity index (χ1n) is 8.05. The number of aromatic nitrogens is 1. The number of nitrogens with one attached hydrogen (secondary N) is 2. The van der Waals surface area contributed by atoms with E-state index in [2.05, 4.69) is 15.6 Å². The van der Waals surface area contributed by atoms with Gasteiger partial charge >= 0.3 is 5.97 Å². The summed E-state index contributed by atoms with van der Waals surface area (Å²) < 4.78 is 4.77. The number of amides is 1. The predicted molar refractivity (Wildman–Crippen MR) is 105 cm³/mol. The van der Waals surface area contributed by atoms with Gasteiger partial charge in [0.05, 0.1) is 41.0 Å². The van der Waals surface area contributed by atoms with Gasteiger partial charge in [-0.05, 0) is 36.4 Å². The third kappa shape index (κ3) is 4.43. The SMILES string of the molecule is COC(=O)c1ccccc1Nc1ccc(C(=O)Nc2ccccc2Cl)nc1. The van der Waals surface area contributed by atoms with E-state index in [1.165, 1.54) is 13.3 Å². The molecule has 0 aliphatic carbocycles. The molecule has 1 heterocycles. The van der Waals surface area contributed by atoms with Crippen molar-refractivity contribution in [1.29, 1.82) is 0 Å². The van der Waals surface area contributed by atoms with Crippen LogP contribution in [-0.2, 0) is 4.74 Å². The Kier molecular flexibility index (Phi) is 5.68. The quantitative estimate of drug-likeness (QED) is 0.635. The van der Waals surface area contributed by atoms with Crippen LogP contribution >= 0.6 is 11.6 Å². The van der Waals surface area contributed by atoms with Crippen molar-refractivity contribution in [3.8, 4) is 0 Å². The third-order valence-corrected chi connectivity index (χ3v) is 4.06. The predicted octanol–water partition coefficient (Wildman–Crippen LogP) is 4.52. The highest BCUT2D eigenvalue weighted by Crippen LogP contribution is 2.23. The largest absolute Gasteiger partial charge is 0.465 e. The van der Waals surface area contributed by atoms with E-state index in [0.29, 0.717) is 27.6 Å². The van der Waals surface area contributed by atoms with Crippen LogP contribution < -0.4 is 10.6 Å². The minimum atomic E-state index is -0.443. The van der Waals surface area contributed by atoms with Gasteiger partial charge in [0, 0.05) is 0 Å². The van der Waals surface area contributed by atoms with Crippen LogP contribution in [0.3, 0.4) is 0 Å². The molecule has 7 heteroatoms. The number of nitrogens with zero attached hydrogens (tertiary/aromatic N) is 1. The molecule has 3 rings (SSSR count). The van der Waals surface area contributed by atoms with Crippen LogP contribution in [0.1, 0.15) is 20.8 Å². The highest BCUT2D eigenvalue weighted by molar-refractivity contribution is 6.33. The van der Waals surface area contributed by atoms with Crippen LogP contribution in [0, 0.1) is 0 Å². The van der Waals surface area contributed by atoms with Crippen LogP contribution in [0.5, 0.6) is 0 Å². The average Bonchev–Trinajstić information content (AvgIpc) is 2.70. The summed E-state index contributed by atoms with van der Waals surface area (Å²) in [6, 6.07) is 17.2. The number of anilines is 3. The Morgan fingerprint density at radius 3 is 2.33 bits per heavy atom. The average molecular weight is 382 g/mol. The molecule has 0 saturated heterocycles. The zero-order valence-corrected chi connectivity index (χ0v) is 15.2. The van der Waals surface area contributed by atoms with Crippen molar-refractivity contribution in [2.45, 2.75) is 0 Å². The molecule has 0 spiro atoms. The number of carbonyl (C=O) groups excluding carboxylic acids is 2. The van der Waals surface area contributed by atoms with E-state index >= 15 is 0 Å². The highest BCUT2D eigenvalue weighted by Gasteiger charge is 2.12. The number of benzene rings is 2. The number of carbonyl (C=O) groups is 2. The molecule has 0 bridgehead atoms. The van der Waals surface area contributed by atoms with Crippen molar-refractivity contribution in [2.75, 3.05) is 17.7 Å². The van der Waals surface area contributed by atoms with Gasteiger partial charge in [-0.15, -0.1) is 0 Å². The number of rotatable bonds is 5. The summed E-state index contributed by atoms with van der Waals surface area (Å²) >= 11 is 6.04. The molecule has 0 radical (unpaired) electrons.